The Morgan fingerprint density at radius 1 is 1.45 bits per heavy atom. The van der Waals surface area contributed by atoms with Crippen molar-refractivity contribution in [2.24, 2.45) is 0 Å². The Hall–Kier alpha value is -2.05. The first-order valence-electron chi connectivity index (χ1n) is 7.50. The van der Waals surface area contributed by atoms with E-state index in [0.29, 0.717) is 18.1 Å². The Labute approximate surface area is 129 Å². The predicted octanol–water partition coefficient (Wildman–Crippen LogP) is 3.04. The lowest BCUT2D eigenvalue weighted by atomic mass is 10.2. The van der Waals surface area contributed by atoms with Crippen LogP contribution >= 0.6 is 0 Å². The smallest absolute Gasteiger partial charge is 0.417 e. The van der Waals surface area contributed by atoms with Crippen LogP contribution in [0.1, 0.15) is 58.0 Å². The quantitative estimate of drug-likeness (QED) is 0.924. The van der Waals surface area contributed by atoms with Crippen molar-refractivity contribution in [1.82, 2.24) is 14.5 Å². The minimum absolute atomic E-state index is 0.164. The van der Waals surface area contributed by atoms with Gasteiger partial charge in [-0.25, -0.2) is 19.1 Å². The number of hydrogen-bond acceptors (Lipinski definition) is 4. The molecule has 1 heterocycles. The van der Waals surface area contributed by atoms with Gasteiger partial charge in [-0.2, -0.15) is 0 Å². The largest absolute Gasteiger partial charge is 0.464 e. The van der Waals surface area contributed by atoms with Crippen molar-refractivity contribution in [1.29, 1.82) is 0 Å². The van der Waals surface area contributed by atoms with E-state index in [1.165, 1.54) is 15.7 Å². The van der Waals surface area contributed by atoms with E-state index < -0.39 is 17.8 Å². The molecular weight excluding hydrogens is 286 g/mol. The molecule has 1 aromatic rings. The lowest BCUT2D eigenvalue weighted by Gasteiger charge is -2.26. The third-order valence-electron chi connectivity index (χ3n) is 3.38. The number of rotatable bonds is 4. The van der Waals surface area contributed by atoms with Crippen molar-refractivity contribution in [2.45, 2.75) is 58.6 Å². The summed E-state index contributed by atoms with van der Waals surface area (Å²) >= 11 is 0. The van der Waals surface area contributed by atoms with E-state index in [0.717, 1.165) is 12.8 Å². The van der Waals surface area contributed by atoms with Crippen molar-refractivity contribution in [3.05, 3.63) is 17.7 Å². The van der Waals surface area contributed by atoms with Crippen molar-refractivity contribution < 1.29 is 19.4 Å². The van der Waals surface area contributed by atoms with Crippen molar-refractivity contribution in [2.75, 3.05) is 6.54 Å². The fraction of sp³-hybridized carbons (Fsp3) is 0.667. The highest BCUT2D eigenvalue weighted by atomic mass is 16.6. The number of amides is 1. The molecule has 22 heavy (non-hydrogen) atoms. The molecule has 1 saturated carbocycles. The molecule has 1 N–H and O–H groups in total. The maximum absolute atomic E-state index is 12.2. The first-order chi connectivity index (χ1) is 10.2. The molecule has 0 radical (unpaired) electrons. The van der Waals surface area contributed by atoms with E-state index in [4.69, 9.17) is 4.74 Å². The van der Waals surface area contributed by atoms with Gasteiger partial charge in [-0.1, -0.05) is 0 Å². The summed E-state index contributed by atoms with van der Waals surface area (Å²) < 4.78 is 6.54. The van der Waals surface area contributed by atoms with Crippen LogP contribution in [0.2, 0.25) is 0 Å². The number of aromatic nitrogens is 2. The average molecular weight is 309 g/mol. The normalized spacial score (nSPS) is 14.7. The third-order valence-corrected chi connectivity index (χ3v) is 3.38. The van der Waals surface area contributed by atoms with Gasteiger partial charge in [0, 0.05) is 12.5 Å². The van der Waals surface area contributed by atoms with Crippen LogP contribution in [0.15, 0.2) is 6.20 Å². The molecule has 1 amide bonds. The first kappa shape index (κ1) is 16.3. The molecule has 1 aliphatic rings. The van der Waals surface area contributed by atoms with E-state index in [9.17, 15) is 14.7 Å². The number of carbonyl (C=O) groups excluding carboxylic acids is 1. The number of ether oxygens (including phenoxy) is 1. The molecule has 0 unspecified atom stereocenters. The average Bonchev–Trinajstić information content (AvgIpc) is 3.14. The standard InChI is InChI=1S/C15H23N3O4/c1-5-17(14(21)22-15(2,3)4)9-11-8-16-12(10-6-7-10)18(11)13(19)20/h8,10H,5-7,9H2,1-4H3,(H,19,20). The monoisotopic (exact) mass is 309 g/mol. The van der Waals surface area contributed by atoms with Gasteiger partial charge in [-0.05, 0) is 40.5 Å². The van der Waals surface area contributed by atoms with E-state index >= 15 is 0 Å². The van der Waals surface area contributed by atoms with Gasteiger partial charge in [0.2, 0.25) is 0 Å². The predicted molar refractivity (Wildman–Crippen MR) is 79.9 cm³/mol. The number of carbonyl (C=O) groups is 2. The molecule has 1 aliphatic carbocycles. The zero-order chi connectivity index (χ0) is 16.5. The number of nitrogens with zero attached hydrogens (tertiary/aromatic N) is 3. The van der Waals surface area contributed by atoms with Crippen LogP contribution in [0.25, 0.3) is 0 Å². The summed E-state index contributed by atoms with van der Waals surface area (Å²) in [6, 6.07) is 0. The Balaban J connectivity index is 2.17. The Kier molecular flexibility index (Phi) is 4.44. The molecule has 0 aromatic carbocycles. The summed E-state index contributed by atoms with van der Waals surface area (Å²) in [5.41, 5.74) is -0.0985. The number of carboxylic acid groups (broad SMARTS) is 1. The van der Waals surface area contributed by atoms with Gasteiger partial charge < -0.3 is 14.7 Å². The summed E-state index contributed by atoms with van der Waals surface area (Å²) in [7, 11) is 0. The molecule has 1 fully saturated rings. The third kappa shape index (κ3) is 3.78. The highest BCUT2D eigenvalue weighted by Crippen LogP contribution is 2.39. The highest BCUT2D eigenvalue weighted by Gasteiger charge is 2.32. The van der Waals surface area contributed by atoms with Crippen molar-refractivity contribution >= 4 is 12.2 Å². The van der Waals surface area contributed by atoms with Gasteiger partial charge in [-0.3, -0.25) is 0 Å². The lowest BCUT2D eigenvalue weighted by Crippen LogP contribution is -2.37. The summed E-state index contributed by atoms with van der Waals surface area (Å²) in [6.07, 6.45) is 1.95. The van der Waals surface area contributed by atoms with E-state index in [1.54, 1.807) is 20.8 Å². The topological polar surface area (TPSA) is 84.7 Å². The van der Waals surface area contributed by atoms with Crippen LogP contribution < -0.4 is 0 Å². The lowest BCUT2D eigenvalue weighted by molar-refractivity contribution is 0.0240. The molecule has 122 valence electrons. The minimum Gasteiger partial charge on any atom is -0.464 e. The van der Waals surface area contributed by atoms with Crippen LogP contribution in [0.3, 0.4) is 0 Å². The second-order valence-electron chi connectivity index (χ2n) is 6.49. The Bertz CT molecular complexity index is 570. The van der Waals surface area contributed by atoms with Gasteiger partial charge in [0.1, 0.15) is 11.4 Å². The molecule has 0 saturated heterocycles. The van der Waals surface area contributed by atoms with Gasteiger partial charge in [0.05, 0.1) is 18.4 Å². The molecular formula is C15H23N3O4. The maximum atomic E-state index is 12.2. The second kappa shape index (κ2) is 5.98. The first-order valence-corrected chi connectivity index (χ1v) is 7.50. The number of imidazole rings is 1. The highest BCUT2D eigenvalue weighted by molar-refractivity contribution is 5.71. The maximum Gasteiger partial charge on any atom is 0.417 e. The Morgan fingerprint density at radius 3 is 2.55 bits per heavy atom. The van der Waals surface area contributed by atoms with Crippen LogP contribution in [0.4, 0.5) is 9.59 Å². The zero-order valence-corrected chi connectivity index (χ0v) is 13.5. The molecule has 0 atom stereocenters. The summed E-state index contributed by atoms with van der Waals surface area (Å²) in [5.74, 6) is 0.796. The molecule has 0 aliphatic heterocycles. The second-order valence-corrected chi connectivity index (χ2v) is 6.49. The van der Waals surface area contributed by atoms with E-state index in [-0.39, 0.29) is 12.5 Å². The fourth-order valence-corrected chi connectivity index (χ4v) is 2.19. The molecule has 0 spiro atoms. The molecule has 7 nitrogen and oxygen atoms in total. The summed E-state index contributed by atoms with van der Waals surface area (Å²) in [4.78, 5) is 29.3. The molecule has 1 aromatic heterocycles. The molecule has 2 rings (SSSR count). The SMILES string of the molecule is CCN(Cc1cnc(C2CC2)n1C(=O)O)C(=O)OC(C)(C)C. The zero-order valence-electron chi connectivity index (χ0n) is 13.5. The van der Waals surface area contributed by atoms with Gasteiger partial charge in [-0.15, -0.1) is 0 Å². The van der Waals surface area contributed by atoms with Crippen LogP contribution in [0, 0.1) is 0 Å². The van der Waals surface area contributed by atoms with E-state index in [1.807, 2.05) is 6.92 Å². The van der Waals surface area contributed by atoms with Crippen molar-refractivity contribution in [3.63, 3.8) is 0 Å². The van der Waals surface area contributed by atoms with Crippen LogP contribution in [-0.4, -0.2) is 43.9 Å². The van der Waals surface area contributed by atoms with Crippen LogP contribution in [0.5, 0.6) is 0 Å². The van der Waals surface area contributed by atoms with Crippen LogP contribution in [-0.2, 0) is 11.3 Å². The Morgan fingerprint density at radius 2 is 2.09 bits per heavy atom. The fourth-order valence-electron chi connectivity index (χ4n) is 2.19. The van der Waals surface area contributed by atoms with Gasteiger partial charge >= 0.3 is 12.2 Å². The van der Waals surface area contributed by atoms with Gasteiger partial charge in [0.15, 0.2) is 0 Å². The summed E-state index contributed by atoms with van der Waals surface area (Å²) in [5, 5.41) is 9.41. The number of hydrogen-bond donors (Lipinski definition) is 1. The summed E-state index contributed by atoms with van der Waals surface area (Å²) in [6.45, 7) is 7.81. The molecule has 0 bridgehead atoms. The van der Waals surface area contributed by atoms with E-state index in [2.05, 4.69) is 4.98 Å². The van der Waals surface area contributed by atoms with Gasteiger partial charge in [0.25, 0.3) is 0 Å². The molecule has 7 heteroatoms. The van der Waals surface area contributed by atoms with Crippen molar-refractivity contribution in [3.8, 4) is 0 Å². The minimum atomic E-state index is -1.06.